The molecule has 0 aromatic carbocycles. The van der Waals surface area contributed by atoms with Crippen LogP contribution in [0.2, 0.25) is 0 Å². The molecule has 0 aromatic heterocycles. The van der Waals surface area contributed by atoms with Crippen LogP contribution in [0.15, 0.2) is 11.3 Å². The van der Waals surface area contributed by atoms with Crippen LogP contribution < -0.4 is 11.1 Å². The van der Waals surface area contributed by atoms with Gasteiger partial charge in [-0.25, -0.2) is 0 Å². The summed E-state index contributed by atoms with van der Waals surface area (Å²) in [6.07, 6.45) is 2.49. The highest BCUT2D eigenvalue weighted by atomic mass is 14.8. The van der Waals surface area contributed by atoms with Crippen LogP contribution in [0, 0.1) is 0 Å². The molecule has 0 fully saturated rings. The monoisotopic (exact) mass is 156 g/mol. The first kappa shape index (κ1) is 10.5. The molecule has 0 saturated heterocycles. The smallest absolute Gasteiger partial charge is 0.0181 e. The third-order valence-corrected chi connectivity index (χ3v) is 1.77. The first-order valence-corrected chi connectivity index (χ1v) is 4.31. The highest BCUT2D eigenvalue weighted by molar-refractivity contribution is 5.06. The Bertz CT molecular complexity index is 124. The molecule has 3 N–H and O–H groups in total. The molecule has 0 radical (unpaired) electrons. The normalized spacial score (nSPS) is 13.0. The van der Waals surface area contributed by atoms with E-state index in [9.17, 15) is 0 Å². The summed E-state index contributed by atoms with van der Waals surface area (Å²) in [5.74, 6) is 0. The van der Waals surface area contributed by atoms with E-state index in [0.717, 1.165) is 18.8 Å². The SMILES string of the molecule is CCCCNCC(C)=C(C)N. The van der Waals surface area contributed by atoms with Gasteiger partial charge in [-0.2, -0.15) is 0 Å². The maximum atomic E-state index is 5.59. The van der Waals surface area contributed by atoms with Gasteiger partial charge in [0, 0.05) is 12.2 Å². The molecular formula is C9H20N2. The fourth-order valence-electron chi connectivity index (χ4n) is 0.717. The third kappa shape index (κ3) is 5.92. The summed E-state index contributed by atoms with van der Waals surface area (Å²) in [4.78, 5) is 0. The quantitative estimate of drug-likeness (QED) is 0.594. The number of rotatable bonds is 5. The van der Waals surface area contributed by atoms with E-state index >= 15 is 0 Å². The topological polar surface area (TPSA) is 38.0 Å². The molecule has 0 bridgehead atoms. The predicted octanol–water partition coefficient (Wildman–Crippen LogP) is 1.63. The zero-order chi connectivity index (χ0) is 8.69. The minimum Gasteiger partial charge on any atom is -0.402 e. The molecule has 0 atom stereocenters. The fraction of sp³-hybridized carbons (Fsp3) is 0.778. The van der Waals surface area contributed by atoms with Gasteiger partial charge >= 0.3 is 0 Å². The van der Waals surface area contributed by atoms with Crippen molar-refractivity contribution in [1.29, 1.82) is 0 Å². The minimum atomic E-state index is 0.933. The van der Waals surface area contributed by atoms with Crippen LogP contribution in [0.4, 0.5) is 0 Å². The lowest BCUT2D eigenvalue weighted by Crippen LogP contribution is -2.19. The Morgan fingerprint density at radius 3 is 2.45 bits per heavy atom. The van der Waals surface area contributed by atoms with Crippen LogP contribution >= 0.6 is 0 Å². The Hall–Kier alpha value is -0.500. The van der Waals surface area contributed by atoms with Crippen molar-refractivity contribution in [3.8, 4) is 0 Å². The lowest BCUT2D eigenvalue weighted by Gasteiger charge is -2.05. The average Bonchev–Trinajstić information content (AvgIpc) is 1.97. The number of nitrogens with two attached hydrogens (primary N) is 1. The minimum absolute atomic E-state index is 0.933. The summed E-state index contributed by atoms with van der Waals surface area (Å²) < 4.78 is 0. The number of hydrogen-bond acceptors (Lipinski definition) is 2. The van der Waals surface area contributed by atoms with Gasteiger partial charge in [0.05, 0.1) is 0 Å². The van der Waals surface area contributed by atoms with E-state index in [1.807, 2.05) is 6.92 Å². The van der Waals surface area contributed by atoms with Crippen LogP contribution in [-0.4, -0.2) is 13.1 Å². The van der Waals surface area contributed by atoms with Crippen molar-refractivity contribution in [1.82, 2.24) is 5.32 Å². The number of allylic oxidation sites excluding steroid dienone is 1. The molecule has 0 aromatic rings. The largest absolute Gasteiger partial charge is 0.402 e. The van der Waals surface area contributed by atoms with E-state index in [1.54, 1.807) is 0 Å². The molecule has 0 heterocycles. The highest BCUT2D eigenvalue weighted by Crippen LogP contribution is 1.94. The van der Waals surface area contributed by atoms with Gasteiger partial charge in [0.15, 0.2) is 0 Å². The molecular weight excluding hydrogens is 136 g/mol. The summed E-state index contributed by atoms with van der Waals surface area (Å²) in [6, 6.07) is 0. The molecule has 0 aliphatic rings. The molecule has 66 valence electrons. The molecule has 2 heteroatoms. The Balaban J connectivity index is 3.32. The Labute approximate surface area is 69.9 Å². The van der Waals surface area contributed by atoms with Gasteiger partial charge in [0.2, 0.25) is 0 Å². The molecule has 11 heavy (non-hydrogen) atoms. The maximum absolute atomic E-state index is 5.59. The summed E-state index contributed by atoms with van der Waals surface area (Å²) in [6.45, 7) is 8.23. The molecule has 0 rings (SSSR count). The molecule has 2 nitrogen and oxygen atoms in total. The standard InChI is InChI=1S/C9H20N2/c1-4-5-6-11-7-8(2)9(3)10/h11H,4-7,10H2,1-3H3. The van der Waals surface area contributed by atoms with Crippen LogP contribution in [0.25, 0.3) is 0 Å². The van der Waals surface area contributed by atoms with Crippen LogP contribution in [0.3, 0.4) is 0 Å². The maximum Gasteiger partial charge on any atom is 0.0181 e. The molecule has 0 unspecified atom stereocenters. The van der Waals surface area contributed by atoms with E-state index < -0.39 is 0 Å². The first-order chi connectivity index (χ1) is 5.18. The second-order valence-electron chi connectivity index (χ2n) is 2.99. The van der Waals surface area contributed by atoms with Crippen molar-refractivity contribution >= 4 is 0 Å². The van der Waals surface area contributed by atoms with Crippen molar-refractivity contribution in [2.24, 2.45) is 5.73 Å². The van der Waals surface area contributed by atoms with Crippen molar-refractivity contribution in [3.63, 3.8) is 0 Å². The lowest BCUT2D eigenvalue weighted by molar-refractivity contribution is 0.668. The van der Waals surface area contributed by atoms with Gasteiger partial charge in [-0.3, -0.25) is 0 Å². The van der Waals surface area contributed by atoms with Gasteiger partial charge < -0.3 is 11.1 Å². The van der Waals surface area contributed by atoms with Crippen molar-refractivity contribution in [2.45, 2.75) is 33.6 Å². The van der Waals surface area contributed by atoms with Gasteiger partial charge in [-0.1, -0.05) is 13.3 Å². The summed E-state index contributed by atoms with van der Waals surface area (Å²) >= 11 is 0. The van der Waals surface area contributed by atoms with Crippen LogP contribution in [-0.2, 0) is 0 Å². The zero-order valence-electron chi connectivity index (χ0n) is 7.91. The van der Waals surface area contributed by atoms with Crippen LogP contribution in [0.5, 0.6) is 0 Å². The van der Waals surface area contributed by atoms with Gasteiger partial charge in [0.1, 0.15) is 0 Å². The van der Waals surface area contributed by atoms with Crippen molar-refractivity contribution < 1.29 is 0 Å². The van der Waals surface area contributed by atoms with Gasteiger partial charge in [-0.05, 0) is 32.4 Å². The molecule has 0 saturated carbocycles. The molecule has 0 aliphatic heterocycles. The van der Waals surface area contributed by atoms with E-state index in [4.69, 9.17) is 5.73 Å². The highest BCUT2D eigenvalue weighted by Gasteiger charge is 1.91. The zero-order valence-corrected chi connectivity index (χ0v) is 7.91. The summed E-state index contributed by atoms with van der Waals surface area (Å²) in [5.41, 5.74) is 7.78. The summed E-state index contributed by atoms with van der Waals surface area (Å²) in [5, 5.41) is 3.33. The Morgan fingerprint density at radius 2 is 2.00 bits per heavy atom. The molecule has 0 amide bonds. The van der Waals surface area contributed by atoms with E-state index in [0.29, 0.717) is 0 Å². The number of hydrogen-bond donors (Lipinski definition) is 2. The second-order valence-corrected chi connectivity index (χ2v) is 2.99. The van der Waals surface area contributed by atoms with Crippen molar-refractivity contribution in [3.05, 3.63) is 11.3 Å². The van der Waals surface area contributed by atoms with E-state index in [1.165, 1.54) is 18.4 Å². The fourth-order valence-corrected chi connectivity index (χ4v) is 0.717. The van der Waals surface area contributed by atoms with E-state index in [2.05, 4.69) is 19.2 Å². The molecule has 0 spiro atoms. The van der Waals surface area contributed by atoms with E-state index in [-0.39, 0.29) is 0 Å². The lowest BCUT2D eigenvalue weighted by atomic mass is 10.2. The van der Waals surface area contributed by atoms with Gasteiger partial charge in [-0.15, -0.1) is 0 Å². The average molecular weight is 156 g/mol. The predicted molar refractivity (Wildman–Crippen MR) is 50.3 cm³/mol. The van der Waals surface area contributed by atoms with Crippen molar-refractivity contribution in [2.75, 3.05) is 13.1 Å². The molecule has 0 aliphatic carbocycles. The Morgan fingerprint density at radius 1 is 1.36 bits per heavy atom. The second kappa shape index (κ2) is 6.23. The van der Waals surface area contributed by atoms with Crippen LogP contribution in [0.1, 0.15) is 33.6 Å². The summed E-state index contributed by atoms with van der Waals surface area (Å²) in [7, 11) is 0. The Kier molecular flexibility index (Phi) is 5.94. The number of nitrogens with one attached hydrogen (secondary N) is 1. The third-order valence-electron chi connectivity index (χ3n) is 1.77. The number of unbranched alkanes of at least 4 members (excludes halogenated alkanes) is 1. The van der Waals surface area contributed by atoms with Gasteiger partial charge in [0.25, 0.3) is 0 Å². The first-order valence-electron chi connectivity index (χ1n) is 4.31.